The van der Waals surface area contributed by atoms with Crippen molar-refractivity contribution in [2.45, 2.75) is 6.54 Å². The first-order valence-corrected chi connectivity index (χ1v) is 5.25. The lowest BCUT2D eigenvalue weighted by molar-refractivity contribution is 0.358. The van der Waals surface area contributed by atoms with Crippen LogP contribution >= 0.6 is 0 Å². The first-order valence-electron chi connectivity index (χ1n) is 5.25. The predicted molar refractivity (Wildman–Crippen MR) is 60.6 cm³/mol. The third-order valence-corrected chi connectivity index (χ3v) is 2.44. The van der Waals surface area contributed by atoms with Crippen LogP contribution in [0.25, 0.3) is 11.4 Å². The molecule has 1 aromatic carbocycles. The molecule has 2 rings (SSSR count). The van der Waals surface area contributed by atoms with Crippen LogP contribution in [-0.2, 0) is 6.54 Å². The summed E-state index contributed by atoms with van der Waals surface area (Å²) >= 11 is 0. The van der Waals surface area contributed by atoms with Crippen LogP contribution in [0.15, 0.2) is 10.6 Å². The van der Waals surface area contributed by atoms with Gasteiger partial charge in [0.25, 0.3) is 0 Å². The van der Waals surface area contributed by atoms with Gasteiger partial charge in [0.05, 0.1) is 20.8 Å². The molecule has 0 saturated carbocycles. The Morgan fingerprint density at radius 3 is 2.21 bits per heavy atom. The minimum atomic E-state index is -0.940. The van der Waals surface area contributed by atoms with Crippen LogP contribution in [0.4, 0.5) is 8.78 Å². The van der Waals surface area contributed by atoms with E-state index in [2.05, 4.69) is 10.1 Å². The smallest absolute Gasteiger partial charge is 0.240 e. The highest BCUT2D eigenvalue weighted by molar-refractivity contribution is 5.63. The van der Waals surface area contributed by atoms with Crippen LogP contribution in [0.2, 0.25) is 0 Å². The molecule has 0 aliphatic heterocycles. The highest BCUT2D eigenvalue weighted by Crippen LogP contribution is 2.36. The van der Waals surface area contributed by atoms with Gasteiger partial charge in [-0.05, 0) is 0 Å². The van der Waals surface area contributed by atoms with Crippen LogP contribution in [0.5, 0.6) is 11.5 Å². The van der Waals surface area contributed by atoms with E-state index in [9.17, 15) is 8.78 Å². The fourth-order valence-electron chi connectivity index (χ4n) is 1.52. The molecular formula is C11H11F2N3O3. The van der Waals surface area contributed by atoms with Crippen molar-refractivity contribution in [1.82, 2.24) is 10.1 Å². The van der Waals surface area contributed by atoms with Crippen LogP contribution in [0, 0.1) is 11.6 Å². The Bertz CT molecular complexity index is 573. The molecule has 0 aliphatic rings. The summed E-state index contributed by atoms with van der Waals surface area (Å²) in [5.41, 5.74) is 4.81. The first kappa shape index (κ1) is 13.2. The highest BCUT2D eigenvalue weighted by atomic mass is 19.1. The van der Waals surface area contributed by atoms with Crippen molar-refractivity contribution in [3.05, 3.63) is 23.6 Å². The van der Waals surface area contributed by atoms with Gasteiger partial charge in [0.15, 0.2) is 23.1 Å². The number of nitrogens with two attached hydrogens (primary N) is 1. The lowest BCUT2D eigenvalue weighted by atomic mass is 10.1. The summed E-state index contributed by atoms with van der Waals surface area (Å²) in [7, 11) is 2.50. The molecule has 1 aromatic heterocycles. The van der Waals surface area contributed by atoms with Gasteiger partial charge in [-0.2, -0.15) is 4.98 Å². The van der Waals surface area contributed by atoms with Gasteiger partial charge in [0.1, 0.15) is 5.56 Å². The van der Waals surface area contributed by atoms with Gasteiger partial charge in [-0.15, -0.1) is 0 Å². The molecule has 0 saturated heterocycles. The fourth-order valence-corrected chi connectivity index (χ4v) is 1.52. The molecule has 1 heterocycles. The van der Waals surface area contributed by atoms with E-state index < -0.39 is 17.2 Å². The Morgan fingerprint density at radius 2 is 1.79 bits per heavy atom. The molecule has 2 N–H and O–H groups in total. The molecule has 0 fully saturated rings. The molecular weight excluding hydrogens is 260 g/mol. The Hall–Kier alpha value is -2.22. The molecule has 2 aromatic rings. The predicted octanol–water partition coefficient (Wildman–Crippen LogP) is 1.49. The zero-order chi connectivity index (χ0) is 14.0. The van der Waals surface area contributed by atoms with Gasteiger partial charge in [-0.3, -0.25) is 0 Å². The second-order valence-electron chi connectivity index (χ2n) is 3.50. The lowest BCUT2D eigenvalue weighted by Gasteiger charge is -2.10. The quantitative estimate of drug-likeness (QED) is 0.907. The molecule has 6 nitrogen and oxygen atoms in total. The third kappa shape index (κ3) is 2.22. The first-order chi connectivity index (χ1) is 9.12. The second-order valence-corrected chi connectivity index (χ2v) is 3.50. The normalized spacial score (nSPS) is 10.6. The maximum Gasteiger partial charge on any atom is 0.240 e. The number of hydrogen-bond donors (Lipinski definition) is 1. The maximum absolute atomic E-state index is 14.1. The largest absolute Gasteiger partial charge is 0.494 e. The van der Waals surface area contributed by atoms with Crippen LogP contribution in [0.1, 0.15) is 5.89 Å². The summed E-state index contributed by atoms with van der Waals surface area (Å²) in [5.74, 6) is -2.45. The van der Waals surface area contributed by atoms with E-state index in [0.717, 1.165) is 6.07 Å². The Balaban J connectivity index is 2.66. The molecule has 0 atom stereocenters. The number of aromatic nitrogens is 2. The zero-order valence-electron chi connectivity index (χ0n) is 10.2. The average molecular weight is 271 g/mol. The summed E-state index contributed by atoms with van der Waals surface area (Å²) in [6.07, 6.45) is 0. The lowest BCUT2D eigenvalue weighted by Crippen LogP contribution is -2.00. The molecule has 0 aliphatic carbocycles. The van der Waals surface area contributed by atoms with Gasteiger partial charge in [0.2, 0.25) is 11.7 Å². The van der Waals surface area contributed by atoms with Crippen molar-refractivity contribution in [3.8, 4) is 22.9 Å². The van der Waals surface area contributed by atoms with Gasteiger partial charge in [0, 0.05) is 6.07 Å². The second kappa shape index (κ2) is 5.19. The summed E-state index contributed by atoms with van der Waals surface area (Å²) in [5, 5.41) is 3.47. The Kier molecular flexibility index (Phi) is 3.61. The van der Waals surface area contributed by atoms with E-state index in [1.54, 1.807) is 0 Å². The van der Waals surface area contributed by atoms with Crippen molar-refractivity contribution in [2.24, 2.45) is 5.73 Å². The number of benzene rings is 1. The molecule has 102 valence electrons. The van der Waals surface area contributed by atoms with Crippen LogP contribution in [-0.4, -0.2) is 24.4 Å². The topological polar surface area (TPSA) is 83.4 Å². The number of methoxy groups -OCH3 is 2. The SMILES string of the molecule is COc1cc(OC)c(F)c(-c2noc(CN)n2)c1F. The van der Waals surface area contributed by atoms with Gasteiger partial charge < -0.3 is 19.7 Å². The van der Waals surface area contributed by atoms with Gasteiger partial charge >= 0.3 is 0 Å². The van der Waals surface area contributed by atoms with E-state index in [1.807, 2.05) is 0 Å². The molecule has 0 bridgehead atoms. The van der Waals surface area contributed by atoms with E-state index in [0.29, 0.717) is 0 Å². The number of ether oxygens (including phenoxy) is 2. The highest BCUT2D eigenvalue weighted by Gasteiger charge is 2.24. The molecule has 8 heteroatoms. The van der Waals surface area contributed by atoms with Crippen molar-refractivity contribution in [3.63, 3.8) is 0 Å². The van der Waals surface area contributed by atoms with Crippen LogP contribution < -0.4 is 15.2 Å². The molecule has 0 radical (unpaired) electrons. The number of rotatable bonds is 4. The molecule has 0 unspecified atom stereocenters. The summed E-state index contributed by atoms with van der Waals surface area (Å²) in [4.78, 5) is 3.78. The van der Waals surface area contributed by atoms with Crippen molar-refractivity contribution >= 4 is 0 Å². The summed E-state index contributed by atoms with van der Waals surface area (Å²) in [6, 6.07) is 1.10. The zero-order valence-corrected chi connectivity index (χ0v) is 10.2. The van der Waals surface area contributed by atoms with Crippen molar-refractivity contribution in [2.75, 3.05) is 14.2 Å². The number of hydrogen-bond acceptors (Lipinski definition) is 6. The monoisotopic (exact) mass is 271 g/mol. The van der Waals surface area contributed by atoms with Crippen molar-refractivity contribution < 1.29 is 22.8 Å². The van der Waals surface area contributed by atoms with E-state index in [1.165, 1.54) is 14.2 Å². The minimum absolute atomic E-state index is 0.0304. The molecule has 0 amide bonds. The minimum Gasteiger partial charge on any atom is -0.494 e. The number of halogens is 2. The standard InChI is InChI=1S/C11H11F2N3O3/c1-17-5-3-6(18-2)10(13)8(9(5)12)11-15-7(4-14)19-16-11/h3H,4,14H2,1-2H3. The molecule has 19 heavy (non-hydrogen) atoms. The molecule has 0 spiro atoms. The Labute approximate surface area is 107 Å². The summed E-state index contributed by atoms with van der Waals surface area (Å²) in [6.45, 7) is -0.0304. The fraction of sp³-hybridized carbons (Fsp3) is 0.273. The maximum atomic E-state index is 14.1. The van der Waals surface area contributed by atoms with Crippen molar-refractivity contribution in [1.29, 1.82) is 0 Å². The Morgan fingerprint density at radius 1 is 1.21 bits per heavy atom. The van der Waals surface area contributed by atoms with E-state index in [4.69, 9.17) is 19.7 Å². The van der Waals surface area contributed by atoms with Gasteiger partial charge in [-0.1, -0.05) is 5.16 Å². The van der Waals surface area contributed by atoms with Gasteiger partial charge in [-0.25, -0.2) is 8.78 Å². The van der Waals surface area contributed by atoms with E-state index in [-0.39, 0.29) is 29.8 Å². The van der Waals surface area contributed by atoms with Crippen LogP contribution in [0.3, 0.4) is 0 Å². The number of nitrogens with zero attached hydrogens (tertiary/aromatic N) is 2. The van der Waals surface area contributed by atoms with E-state index >= 15 is 0 Å². The summed E-state index contributed by atoms with van der Waals surface area (Å²) < 4.78 is 42.5. The average Bonchev–Trinajstić information content (AvgIpc) is 2.88. The third-order valence-electron chi connectivity index (χ3n) is 2.44.